The lowest BCUT2D eigenvalue weighted by Gasteiger charge is -2.15. The first kappa shape index (κ1) is 12.9. The van der Waals surface area contributed by atoms with Gasteiger partial charge in [0.05, 0.1) is 17.8 Å². The molecule has 0 bridgehead atoms. The Morgan fingerprint density at radius 1 is 1.22 bits per heavy atom. The number of benzene rings is 1. The van der Waals surface area contributed by atoms with Gasteiger partial charge in [-0.3, -0.25) is 4.79 Å². The molecule has 96 valence electrons. The number of carbonyl (C=O) groups is 2. The quantitative estimate of drug-likeness (QED) is 0.808. The van der Waals surface area contributed by atoms with Crippen molar-refractivity contribution >= 4 is 33.6 Å². The topological polar surface area (TPSA) is 49.4 Å². The highest BCUT2D eigenvalue weighted by Gasteiger charge is 2.35. The first-order chi connectivity index (χ1) is 8.29. The second-order valence-electron chi connectivity index (χ2n) is 3.58. The van der Waals surface area contributed by atoms with Crippen molar-refractivity contribution in [1.82, 2.24) is 5.32 Å². The molecule has 1 heterocycles. The van der Waals surface area contributed by atoms with Gasteiger partial charge >= 0.3 is 12.2 Å². The molecule has 18 heavy (non-hydrogen) atoms. The summed E-state index contributed by atoms with van der Waals surface area (Å²) in [4.78, 5) is 23.4. The number of hydrogen-bond donors (Lipinski definition) is 1. The number of anilines is 1. The molecule has 3 amide bonds. The van der Waals surface area contributed by atoms with Crippen LogP contribution in [0.15, 0.2) is 22.7 Å². The van der Waals surface area contributed by atoms with Crippen LogP contribution in [0.1, 0.15) is 5.56 Å². The minimum absolute atomic E-state index is 0.114. The first-order valence-corrected chi connectivity index (χ1v) is 5.57. The summed E-state index contributed by atoms with van der Waals surface area (Å²) in [6, 6.07) is 2.18. The van der Waals surface area contributed by atoms with Gasteiger partial charge in [0.15, 0.2) is 0 Å². The summed E-state index contributed by atoms with van der Waals surface area (Å²) in [5, 5.41) is 2.24. The van der Waals surface area contributed by atoms with Crippen molar-refractivity contribution in [1.29, 1.82) is 0 Å². The van der Waals surface area contributed by atoms with Crippen molar-refractivity contribution in [2.45, 2.75) is 6.18 Å². The van der Waals surface area contributed by atoms with Gasteiger partial charge in [-0.25, -0.2) is 9.69 Å². The Balaban J connectivity index is 2.49. The largest absolute Gasteiger partial charge is 0.416 e. The molecular weight excluding hydrogens is 317 g/mol. The van der Waals surface area contributed by atoms with Crippen LogP contribution < -0.4 is 10.2 Å². The molecule has 0 radical (unpaired) electrons. The lowest BCUT2D eigenvalue weighted by atomic mass is 10.2. The highest BCUT2D eigenvalue weighted by Crippen LogP contribution is 2.34. The van der Waals surface area contributed by atoms with Gasteiger partial charge in [-0.2, -0.15) is 13.2 Å². The summed E-state index contributed by atoms with van der Waals surface area (Å²) in [6.45, 7) is -0.216. The third kappa shape index (κ3) is 2.33. The van der Waals surface area contributed by atoms with E-state index in [1.54, 1.807) is 0 Å². The molecule has 0 aromatic heterocycles. The molecule has 1 N–H and O–H groups in total. The molecule has 1 aromatic carbocycles. The monoisotopic (exact) mass is 322 g/mol. The van der Waals surface area contributed by atoms with Gasteiger partial charge in [-0.15, -0.1) is 0 Å². The van der Waals surface area contributed by atoms with E-state index in [2.05, 4.69) is 21.2 Å². The average molecular weight is 323 g/mol. The molecule has 2 rings (SSSR count). The maximum atomic E-state index is 12.6. The second-order valence-corrected chi connectivity index (χ2v) is 4.50. The fourth-order valence-electron chi connectivity index (χ4n) is 1.55. The van der Waals surface area contributed by atoms with E-state index in [-0.39, 0.29) is 16.7 Å². The number of urea groups is 1. The molecule has 1 aromatic rings. The van der Waals surface area contributed by atoms with Crippen LogP contribution in [0.3, 0.4) is 0 Å². The summed E-state index contributed by atoms with van der Waals surface area (Å²) < 4.78 is 38.0. The number of alkyl halides is 3. The SMILES string of the molecule is O=C1CNC(=O)N1c1cc(Br)cc(C(F)(F)F)c1. The summed E-state index contributed by atoms with van der Waals surface area (Å²) in [7, 11) is 0. The predicted octanol–water partition coefficient (Wildman–Crippen LogP) is 2.52. The number of halogens is 4. The molecule has 1 fully saturated rings. The van der Waals surface area contributed by atoms with E-state index in [1.165, 1.54) is 6.07 Å². The van der Waals surface area contributed by atoms with Crippen LogP contribution in [0.5, 0.6) is 0 Å². The Hall–Kier alpha value is -1.57. The number of nitrogens with zero attached hydrogens (tertiary/aromatic N) is 1. The van der Waals surface area contributed by atoms with Crippen molar-refractivity contribution < 1.29 is 22.8 Å². The molecule has 0 aliphatic carbocycles. The Labute approximate surface area is 108 Å². The standard InChI is InChI=1S/C10H6BrF3N2O2/c11-6-1-5(10(12,13)14)2-7(3-6)16-8(17)4-15-9(16)18/h1-3H,4H2,(H,15,18). The molecule has 0 saturated carbocycles. The Kier molecular flexibility index (Phi) is 3.05. The zero-order chi connectivity index (χ0) is 13.5. The van der Waals surface area contributed by atoms with E-state index >= 15 is 0 Å². The minimum Gasteiger partial charge on any atom is -0.328 e. The molecule has 0 unspecified atom stereocenters. The van der Waals surface area contributed by atoms with Crippen molar-refractivity contribution in [2.24, 2.45) is 0 Å². The third-order valence-corrected chi connectivity index (χ3v) is 2.77. The molecule has 4 nitrogen and oxygen atoms in total. The maximum absolute atomic E-state index is 12.6. The van der Waals surface area contributed by atoms with E-state index in [0.717, 1.165) is 12.1 Å². The highest BCUT2D eigenvalue weighted by atomic mass is 79.9. The predicted molar refractivity (Wildman–Crippen MR) is 60.0 cm³/mol. The van der Waals surface area contributed by atoms with Crippen molar-refractivity contribution in [2.75, 3.05) is 11.4 Å². The maximum Gasteiger partial charge on any atom is 0.416 e. The van der Waals surface area contributed by atoms with Gasteiger partial charge in [-0.05, 0) is 18.2 Å². The first-order valence-electron chi connectivity index (χ1n) is 4.77. The fraction of sp³-hybridized carbons (Fsp3) is 0.200. The van der Waals surface area contributed by atoms with Gasteiger partial charge in [0.1, 0.15) is 0 Å². The fourth-order valence-corrected chi connectivity index (χ4v) is 2.03. The number of nitrogens with one attached hydrogen (secondary N) is 1. The van der Waals surface area contributed by atoms with Crippen LogP contribution in [0.2, 0.25) is 0 Å². The van der Waals surface area contributed by atoms with Gasteiger partial charge in [0, 0.05) is 4.47 Å². The zero-order valence-electron chi connectivity index (χ0n) is 8.71. The average Bonchev–Trinajstić information content (AvgIpc) is 2.56. The number of imide groups is 1. The van der Waals surface area contributed by atoms with Crippen LogP contribution in [0.4, 0.5) is 23.7 Å². The summed E-state index contributed by atoms with van der Waals surface area (Å²) in [6.07, 6.45) is -4.54. The van der Waals surface area contributed by atoms with Crippen LogP contribution in [0, 0.1) is 0 Å². The van der Waals surface area contributed by atoms with Crippen LogP contribution in [-0.4, -0.2) is 18.5 Å². The molecule has 8 heteroatoms. The Morgan fingerprint density at radius 3 is 2.39 bits per heavy atom. The van der Waals surface area contributed by atoms with Crippen molar-refractivity contribution in [3.63, 3.8) is 0 Å². The van der Waals surface area contributed by atoms with Crippen molar-refractivity contribution in [3.8, 4) is 0 Å². The van der Waals surface area contributed by atoms with Gasteiger partial charge < -0.3 is 5.32 Å². The number of carbonyl (C=O) groups excluding carboxylic acids is 2. The smallest absolute Gasteiger partial charge is 0.328 e. The van der Waals surface area contributed by atoms with Gasteiger partial charge in [0.25, 0.3) is 5.91 Å². The molecule has 0 atom stereocenters. The van der Waals surface area contributed by atoms with Gasteiger partial charge in [-0.1, -0.05) is 15.9 Å². The Bertz CT molecular complexity index is 514. The van der Waals surface area contributed by atoms with E-state index in [0.29, 0.717) is 4.90 Å². The summed E-state index contributed by atoms with van der Waals surface area (Å²) in [5.74, 6) is -0.591. The van der Waals surface area contributed by atoms with E-state index < -0.39 is 23.7 Å². The van der Waals surface area contributed by atoms with Crippen LogP contribution in [0.25, 0.3) is 0 Å². The lowest BCUT2D eigenvalue weighted by Crippen LogP contribution is -2.30. The molecular formula is C10H6BrF3N2O2. The third-order valence-electron chi connectivity index (χ3n) is 2.31. The highest BCUT2D eigenvalue weighted by molar-refractivity contribution is 9.10. The number of hydrogen-bond acceptors (Lipinski definition) is 2. The van der Waals surface area contributed by atoms with Crippen molar-refractivity contribution in [3.05, 3.63) is 28.2 Å². The minimum atomic E-state index is -4.54. The van der Waals surface area contributed by atoms with Crippen LogP contribution in [-0.2, 0) is 11.0 Å². The number of amides is 3. The summed E-state index contributed by atoms with van der Waals surface area (Å²) in [5.41, 5.74) is -1.05. The Morgan fingerprint density at radius 2 is 1.89 bits per heavy atom. The molecule has 1 aliphatic rings. The number of rotatable bonds is 1. The zero-order valence-corrected chi connectivity index (χ0v) is 10.3. The summed E-state index contributed by atoms with van der Waals surface area (Å²) >= 11 is 2.92. The van der Waals surface area contributed by atoms with E-state index in [9.17, 15) is 22.8 Å². The lowest BCUT2D eigenvalue weighted by molar-refractivity contribution is -0.137. The molecule has 1 aliphatic heterocycles. The van der Waals surface area contributed by atoms with Gasteiger partial charge in [0.2, 0.25) is 0 Å². The second kappa shape index (κ2) is 4.27. The molecule has 0 spiro atoms. The van der Waals surface area contributed by atoms with E-state index in [4.69, 9.17) is 0 Å². The van der Waals surface area contributed by atoms with E-state index in [1.807, 2.05) is 0 Å². The van der Waals surface area contributed by atoms with Crippen LogP contribution >= 0.6 is 15.9 Å². The normalized spacial score (nSPS) is 16.1. The molecule has 1 saturated heterocycles.